The van der Waals surface area contributed by atoms with E-state index in [1.165, 1.54) is 23.8 Å². The zero-order chi connectivity index (χ0) is 16.1. The van der Waals surface area contributed by atoms with E-state index in [0.717, 1.165) is 11.3 Å². The van der Waals surface area contributed by atoms with E-state index in [1.54, 1.807) is 13.2 Å². The largest absolute Gasteiger partial charge is 0.497 e. The van der Waals surface area contributed by atoms with Crippen molar-refractivity contribution in [3.05, 3.63) is 34.7 Å². The molecule has 1 amide bonds. The van der Waals surface area contributed by atoms with Crippen LogP contribution >= 0.6 is 24.0 Å². The SMILES string of the molecule is COC(=O)CCN1C(=O)/C(=C\c2ccc(OC)cc2)SC1=S. The van der Waals surface area contributed by atoms with Gasteiger partial charge in [-0.3, -0.25) is 14.5 Å². The van der Waals surface area contributed by atoms with Crippen LogP contribution in [0.1, 0.15) is 12.0 Å². The summed E-state index contributed by atoms with van der Waals surface area (Å²) in [5, 5.41) is 0. The van der Waals surface area contributed by atoms with Gasteiger partial charge in [-0.25, -0.2) is 0 Å². The summed E-state index contributed by atoms with van der Waals surface area (Å²) < 4.78 is 10.1. The Morgan fingerprint density at radius 3 is 2.59 bits per heavy atom. The number of thioether (sulfide) groups is 1. The molecule has 0 spiro atoms. The highest BCUT2D eigenvalue weighted by molar-refractivity contribution is 8.26. The number of carbonyl (C=O) groups is 2. The average Bonchev–Trinajstić information content (AvgIpc) is 2.79. The van der Waals surface area contributed by atoms with Crippen molar-refractivity contribution in [3.63, 3.8) is 0 Å². The molecule has 0 aliphatic carbocycles. The summed E-state index contributed by atoms with van der Waals surface area (Å²) in [5.74, 6) is 0.200. The van der Waals surface area contributed by atoms with E-state index >= 15 is 0 Å². The summed E-state index contributed by atoms with van der Waals surface area (Å²) in [7, 11) is 2.91. The zero-order valence-electron chi connectivity index (χ0n) is 12.2. The highest BCUT2D eigenvalue weighted by Gasteiger charge is 2.32. The third-order valence-corrected chi connectivity index (χ3v) is 4.43. The number of rotatable bonds is 5. The lowest BCUT2D eigenvalue weighted by Gasteiger charge is -2.12. The van der Waals surface area contributed by atoms with Gasteiger partial charge in [-0.15, -0.1) is 0 Å². The molecule has 1 heterocycles. The maximum Gasteiger partial charge on any atom is 0.307 e. The van der Waals surface area contributed by atoms with E-state index in [9.17, 15) is 9.59 Å². The normalized spacial score (nSPS) is 16.3. The molecular formula is C15H15NO4S2. The second-order valence-electron chi connectivity index (χ2n) is 4.43. The van der Waals surface area contributed by atoms with Crippen LogP contribution in [0.2, 0.25) is 0 Å². The molecule has 1 aromatic carbocycles. The van der Waals surface area contributed by atoms with Gasteiger partial charge in [-0.05, 0) is 23.8 Å². The lowest BCUT2D eigenvalue weighted by molar-refractivity contribution is -0.140. The number of esters is 1. The maximum absolute atomic E-state index is 12.3. The first kappa shape index (κ1) is 16.5. The molecule has 0 bridgehead atoms. The molecule has 0 aromatic heterocycles. The zero-order valence-corrected chi connectivity index (χ0v) is 13.8. The Hall–Kier alpha value is -1.86. The first-order valence-corrected chi connectivity index (χ1v) is 7.74. The van der Waals surface area contributed by atoms with Gasteiger partial charge in [0.05, 0.1) is 25.5 Å². The van der Waals surface area contributed by atoms with Crippen LogP contribution in [-0.2, 0) is 14.3 Å². The van der Waals surface area contributed by atoms with E-state index in [2.05, 4.69) is 4.74 Å². The van der Waals surface area contributed by atoms with Crippen molar-refractivity contribution in [2.24, 2.45) is 0 Å². The molecule has 0 radical (unpaired) electrons. The van der Waals surface area contributed by atoms with Crippen molar-refractivity contribution in [3.8, 4) is 5.75 Å². The van der Waals surface area contributed by atoms with Crippen LogP contribution in [0.15, 0.2) is 29.2 Å². The third kappa shape index (κ3) is 3.86. The van der Waals surface area contributed by atoms with Crippen molar-refractivity contribution < 1.29 is 19.1 Å². The van der Waals surface area contributed by atoms with E-state index in [1.807, 2.05) is 24.3 Å². The van der Waals surface area contributed by atoms with Crippen molar-refractivity contribution in [2.75, 3.05) is 20.8 Å². The summed E-state index contributed by atoms with van der Waals surface area (Å²) in [6.07, 6.45) is 1.90. The van der Waals surface area contributed by atoms with Crippen LogP contribution < -0.4 is 4.74 Å². The topological polar surface area (TPSA) is 55.8 Å². The second-order valence-corrected chi connectivity index (χ2v) is 6.11. The molecule has 22 heavy (non-hydrogen) atoms. The average molecular weight is 337 g/mol. The molecule has 5 nitrogen and oxygen atoms in total. The van der Waals surface area contributed by atoms with Gasteiger partial charge in [0.2, 0.25) is 0 Å². The van der Waals surface area contributed by atoms with Crippen LogP contribution in [0.3, 0.4) is 0 Å². The third-order valence-electron chi connectivity index (χ3n) is 3.05. The molecule has 0 N–H and O–H groups in total. The molecule has 0 saturated carbocycles. The number of amides is 1. The number of benzene rings is 1. The summed E-state index contributed by atoms with van der Waals surface area (Å²) >= 11 is 6.43. The van der Waals surface area contributed by atoms with Crippen LogP contribution in [0.4, 0.5) is 0 Å². The summed E-state index contributed by atoms with van der Waals surface area (Å²) in [6, 6.07) is 7.37. The van der Waals surface area contributed by atoms with Crippen LogP contribution in [0, 0.1) is 0 Å². The Labute approximate surface area is 138 Å². The molecular weight excluding hydrogens is 322 g/mol. The first-order valence-electron chi connectivity index (χ1n) is 6.51. The first-order chi connectivity index (χ1) is 10.5. The Bertz CT molecular complexity index is 625. The molecule has 0 unspecified atom stereocenters. The van der Waals surface area contributed by atoms with E-state index in [-0.39, 0.29) is 24.8 Å². The quantitative estimate of drug-likeness (QED) is 0.467. The summed E-state index contributed by atoms with van der Waals surface area (Å²) in [4.78, 5) is 25.5. The highest BCUT2D eigenvalue weighted by atomic mass is 32.2. The number of ether oxygens (including phenoxy) is 2. The van der Waals surface area contributed by atoms with Gasteiger partial charge in [0.15, 0.2) is 0 Å². The van der Waals surface area contributed by atoms with Gasteiger partial charge in [0.1, 0.15) is 10.1 Å². The minimum Gasteiger partial charge on any atom is -0.497 e. The molecule has 1 aromatic rings. The van der Waals surface area contributed by atoms with E-state index in [0.29, 0.717) is 9.23 Å². The molecule has 116 valence electrons. The Morgan fingerprint density at radius 1 is 1.32 bits per heavy atom. The fourth-order valence-electron chi connectivity index (χ4n) is 1.85. The monoisotopic (exact) mass is 337 g/mol. The summed E-state index contributed by atoms with van der Waals surface area (Å²) in [6.45, 7) is 0.233. The van der Waals surface area contributed by atoms with E-state index in [4.69, 9.17) is 17.0 Å². The van der Waals surface area contributed by atoms with Crippen molar-refractivity contribution >= 4 is 46.3 Å². The molecule has 1 saturated heterocycles. The highest BCUT2D eigenvalue weighted by Crippen LogP contribution is 2.32. The fraction of sp³-hybridized carbons (Fsp3) is 0.267. The minimum absolute atomic E-state index is 0.124. The lowest BCUT2D eigenvalue weighted by atomic mass is 10.2. The van der Waals surface area contributed by atoms with Crippen molar-refractivity contribution in [2.45, 2.75) is 6.42 Å². The Balaban J connectivity index is 2.09. The molecule has 1 aliphatic heterocycles. The minimum atomic E-state index is -0.367. The number of methoxy groups -OCH3 is 2. The molecule has 2 rings (SSSR count). The van der Waals surface area contributed by atoms with Crippen molar-refractivity contribution in [1.29, 1.82) is 0 Å². The van der Waals surface area contributed by atoms with Gasteiger partial charge in [0.25, 0.3) is 5.91 Å². The number of hydrogen-bond donors (Lipinski definition) is 0. The fourth-order valence-corrected chi connectivity index (χ4v) is 3.16. The Morgan fingerprint density at radius 2 is 2.00 bits per heavy atom. The van der Waals surface area contributed by atoms with Crippen molar-refractivity contribution in [1.82, 2.24) is 4.90 Å². The number of thiocarbonyl (C=S) groups is 1. The number of hydrogen-bond acceptors (Lipinski definition) is 6. The standard InChI is InChI=1S/C15H15NO4S2/c1-19-11-5-3-10(4-6-11)9-12-14(18)16(15(21)22-12)8-7-13(17)20-2/h3-6,9H,7-8H2,1-2H3/b12-9+. The predicted molar refractivity (Wildman–Crippen MR) is 89.5 cm³/mol. The predicted octanol–water partition coefficient (Wildman–Crippen LogP) is 2.46. The summed E-state index contributed by atoms with van der Waals surface area (Å²) in [5.41, 5.74) is 0.884. The maximum atomic E-state index is 12.3. The molecule has 0 atom stereocenters. The van der Waals surface area contributed by atoms with E-state index < -0.39 is 0 Å². The van der Waals surface area contributed by atoms with Crippen LogP contribution in [0.25, 0.3) is 6.08 Å². The van der Waals surface area contributed by atoms with Crippen LogP contribution in [0.5, 0.6) is 5.75 Å². The van der Waals surface area contributed by atoms with Gasteiger partial charge in [-0.1, -0.05) is 36.1 Å². The molecule has 1 fully saturated rings. The smallest absolute Gasteiger partial charge is 0.307 e. The van der Waals surface area contributed by atoms with Gasteiger partial charge in [-0.2, -0.15) is 0 Å². The second kappa shape index (κ2) is 7.42. The molecule has 1 aliphatic rings. The van der Waals surface area contributed by atoms with Gasteiger partial charge in [0, 0.05) is 6.54 Å². The number of carbonyl (C=O) groups excluding carboxylic acids is 2. The molecule has 7 heteroatoms. The van der Waals surface area contributed by atoms with Crippen LogP contribution in [-0.4, -0.2) is 41.9 Å². The number of nitrogens with zero attached hydrogens (tertiary/aromatic N) is 1. The van der Waals surface area contributed by atoms with Gasteiger partial charge < -0.3 is 9.47 Å². The lowest BCUT2D eigenvalue weighted by Crippen LogP contribution is -2.30. The Kier molecular flexibility index (Phi) is 5.57. The van der Waals surface area contributed by atoms with Gasteiger partial charge >= 0.3 is 5.97 Å².